The molecule has 0 saturated carbocycles. The molecule has 0 aromatic heterocycles. The quantitative estimate of drug-likeness (QED) is 0.0540. The molecule has 3 aromatic carbocycles. The lowest BCUT2D eigenvalue weighted by atomic mass is 9.93. The zero-order valence-corrected chi connectivity index (χ0v) is 32.2. The van der Waals surface area contributed by atoms with Gasteiger partial charge in [-0.2, -0.15) is 0 Å². The maximum atomic E-state index is 12.5. The van der Waals surface area contributed by atoms with E-state index in [0.29, 0.717) is 6.42 Å². The molecule has 0 spiro atoms. The average molecular weight is 683 g/mol. The molecule has 0 heterocycles. The zero-order chi connectivity index (χ0) is 35.5. The van der Waals surface area contributed by atoms with Crippen LogP contribution in [-0.4, -0.2) is 12.6 Å². The Bertz CT molecular complexity index is 1260. The van der Waals surface area contributed by atoms with E-state index >= 15 is 0 Å². The van der Waals surface area contributed by atoms with Crippen molar-refractivity contribution < 1.29 is 14.3 Å². The van der Waals surface area contributed by atoms with Gasteiger partial charge in [-0.1, -0.05) is 203 Å². The van der Waals surface area contributed by atoms with Gasteiger partial charge in [0.05, 0.1) is 6.61 Å². The summed E-state index contributed by atoms with van der Waals surface area (Å²) < 4.78 is 11.9. The van der Waals surface area contributed by atoms with Crippen molar-refractivity contribution in [1.29, 1.82) is 0 Å². The van der Waals surface area contributed by atoms with Gasteiger partial charge in [-0.05, 0) is 59.7 Å². The van der Waals surface area contributed by atoms with Gasteiger partial charge < -0.3 is 9.47 Å². The van der Waals surface area contributed by atoms with Crippen LogP contribution in [0.4, 0.5) is 0 Å². The van der Waals surface area contributed by atoms with Crippen LogP contribution in [0.5, 0.6) is 5.75 Å². The van der Waals surface area contributed by atoms with Gasteiger partial charge in [-0.25, -0.2) is 0 Å². The van der Waals surface area contributed by atoms with E-state index in [1.807, 2.05) is 6.92 Å². The first-order valence-corrected chi connectivity index (χ1v) is 20.7. The molecule has 0 aliphatic carbocycles. The molecule has 276 valence electrons. The van der Waals surface area contributed by atoms with Crippen molar-refractivity contribution in [2.24, 2.45) is 0 Å². The third-order valence-corrected chi connectivity index (χ3v) is 10.1. The summed E-state index contributed by atoms with van der Waals surface area (Å²) in [4.78, 5) is 12.5. The summed E-state index contributed by atoms with van der Waals surface area (Å²) in [5.74, 6) is 0.850. The Labute approximate surface area is 307 Å². The average Bonchev–Trinajstić information content (AvgIpc) is 3.14. The van der Waals surface area contributed by atoms with Crippen LogP contribution in [-0.2, 0) is 9.53 Å². The van der Waals surface area contributed by atoms with Gasteiger partial charge in [-0.3, -0.25) is 4.79 Å². The first kappa shape index (κ1) is 41.4. The topological polar surface area (TPSA) is 35.5 Å². The Morgan fingerprint density at radius 2 is 0.900 bits per heavy atom. The SMILES string of the molecule is CCCCCCCCCCCCCCCOc1ccc(-c2ccccc2-c2ccc(C(C)OC(=O)CCCCCCCCCCC)cc2)cc1. The van der Waals surface area contributed by atoms with E-state index in [2.05, 4.69) is 86.6 Å². The van der Waals surface area contributed by atoms with Crippen molar-refractivity contribution >= 4 is 5.97 Å². The first-order valence-electron chi connectivity index (χ1n) is 20.7. The summed E-state index contributed by atoms with van der Waals surface area (Å²) in [5.41, 5.74) is 5.74. The number of carbonyl (C=O) groups is 1. The van der Waals surface area contributed by atoms with Crippen molar-refractivity contribution in [2.45, 2.75) is 175 Å². The van der Waals surface area contributed by atoms with E-state index in [-0.39, 0.29) is 12.1 Å². The molecular formula is C47H70O3. The molecule has 0 aliphatic rings. The minimum atomic E-state index is -0.252. The van der Waals surface area contributed by atoms with E-state index in [1.165, 1.54) is 139 Å². The van der Waals surface area contributed by atoms with Gasteiger partial charge in [0, 0.05) is 6.42 Å². The normalized spacial score (nSPS) is 11.8. The smallest absolute Gasteiger partial charge is 0.306 e. The lowest BCUT2D eigenvalue weighted by Gasteiger charge is -2.15. The van der Waals surface area contributed by atoms with Gasteiger partial charge in [0.15, 0.2) is 0 Å². The number of hydrogen-bond acceptors (Lipinski definition) is 3. The van der Waals surface area contributed by atoms with Crippen LogP contribution in [0.25, 0.3) is 22.3 Å². The summed E-state index contributed by atoms with van der Waals surface area (Å²) >= 11 is 0. The Morgan fingerprint density at radius 1 is 0.500 bits per heavy atom. The van der Waals surface area contributed by atoms with Crippen LogP contribution in [0.2, 0.25) is 0 Å². The third-order valence-electron chi connectivity index (χ3n) is 10.1. The molecule has 3 rings (SSSR count). The second-order valence-electron chi connectivity index (χ2n) is 14.5. The highest BCUT2D eigenvalue weighted by atomic mass is 16.5. The molecule has 0 saturated heterocycles. The predicted molar refractivity (Wildman–Crippen MR) is 215 cm³/mol. The number of benzene rings is 3. The predicted octanol–water partition coefficient (Wildman–Crippen LogP) is 15.0. The monoisotopic (exact) mass is 683 g/mol. The fraction of sp³-hybridized carbons (Fsp3) is 0.596. The minimum absolute atomic E-state index is 0.0911. The van der Waals surface area contributed by atoms with Crippen LogP contribution < -0.4 is 4.74 Å². The van der Waals surface area contributed by atoms with Crippen molar-refractivity contribution in [3.63, 3.8) is 0 Å². The molecule has 0 fully saturated rings. The van der Waals surface area contributed by atoms with Gasteiger partial charge >= 0.3 is 5.97 Å². The highest BCUT2D eigenvalue weighted by Crippen LogP contribution is 2.34. The second kappa shape index (κ2) is 26.7. The number of hydrogen-bond donors (Lipinski definition) is 0. The molecule has 50 heavy (non-hydrogen) atoms. The van der Waals surface area contributed by atoms with E-state index in [4.69, 9.17) is 9.47 Å². The van der Waals surface area contributed by atoms with Crippen molar-refractivity contribution in [3.8, 4) is 28.0 Å². The fourth-order valence-electron chi connectivity index (χ4n) is 6.86. The Kier molecular flexibility index (Phi) is 22.1. The molecule has 0 amide bonds. The molecule has 3 aromatic rings. The summed E-state index contributed by atoms with van der Waals surface area (Å²) in [5, 5.41) is 0. The van der Waals surface area contributed by atoms with Crippen LogP contribution in [0.15, 0.2) is 72.8 Å². The maximum Gasteiger partial charge on any atom is 0.306 e. The molecular weight excluding hydrogens is 613 g/mol. The maximum absolute atomic E-state index is 12.5. The second-order valence-corrected chi connectivity index (χ2v) is 14.5. The largest absolute Gasteiger partial charge is 0.494 e. The molecule has 0 aliphatic heterocycles. The Morgan fingerprint density at radius 3 is 1.36 bits per heavy atom. The van der Waals surface area contributed by atoms with E-state index in [1.54, 1.807) is 0 Å². The standard InChI is InChI=1S/C47H70O3/c1-4-6-8-10-12-14-15-16-17-19-21-23-27-39-49-44-37-35-43(36-38-44)46-29-26-25-28-45(46)42-33-31-41(32-34-42)40(3)50-47(48)30-24-22-20-18-13-11-9-7-5-2/h25-26,28-29,31-38,40H,4-24,27,30,39H2,1-3H3. The summed E-state index contributed by atoms with van der Waals surface area (Å²) in [7, 11) is 0. The minimum Gasteiger partial charge on any atom is -0.494 e. The van der Waals surface area contributed by atoms with Crippen LogP contribution in [0.3, 0.4) is 0 Å². The Hall–Kier alpha value is -3.07. The number of rotatable bonds is 29. The number of unbranched alkanes of at least 4 members (excludes halogenated alkanes) is 20. The van der Waals surface area contributed by atoms with Crippen LogP contribution in [0.1, 0.15) is 180 Å². The van der Waals surface area contributed by atoms with Crippen molar-refractivity contribution in [3.05, 3.63) is 78.4 Å². The first-order chi connectivity index (χ1) is 24.6. The van der Waals surface area contributed by atoms with Crippen LogP contribution in [0, 0.1) is 0 Å². The molecule has 0 N–H and O–H groups in total. The van der Waals surface area contributed by atoms with Crippen LogP contribution >= 0.6 is 0 Å². The summed E-state index contributed by atoms with van der Waals surface area (Å²) in [6.45, 7) is 7.30. The number of ether oxygens (including phenoxy) is 2. The van der Waals surface area contributed by atoms with Gasteiger partial charge in [0.1, 0.15) is 11.9 Å². The summed E-state index contributed by atoms with van der Waals surface area (Å²) in [6, 6.07) is 25.6. The van der Waals surface area contributed by atoms with Gasteiger partial charge in [0.25, 0.3) is 0 Å². The molecule has 0 radical (unpaired) electrons. The van der Waals surface area contributed by atoms with Gasteiger partial charge in [-0.15, -0.1) is 0 Å². The highest BCUT2D eigenvalue weighted by Gasteiger charge is 2.13. The third kappa shape index (κ3) is 17.2. The molecule has 1 atom stereocenters. The lowest BCUT2D eigenvalue weighted by Crippen LogP contribution is -2.08. The van der Waals surface area contributed by atoms with E-state index < -0.39 is 0 Å². The van der Waals surface area contributed by atoms with E-state index in [9.17, 15) is 4.79 Å². The zero-order valence-electron chi connectivity index (χ0n) is 32.2. The number of carbonyl (C=O) groups excluding carboxylic acids is 1. The number of esters is 1. The van der Waals surface area contributed by atoms with Gasteiger partial charge in [0.2, 0.25) is 0 Å². The van der Waals surface area contributed by atoms with Crippen molar-refractivity contribution in [1.82, 2.24) is 0 Å². The fourth-order valence-corrected chi connectivity index (χ4v) is 6.86. The van der Waals surface area contributed by atoms with Crippen molar-refractivity contribution in [2.75, 3.05) is 6.61 Å². The highest BCUT2D eigenvalue weighted by molar-refractivity contribution is 5.83. The summed E-state index contributed by atoms with van der Waals surface area (Å²) in [6.07, 6.45) is 29.2. The molecule has 3 nitrogen and oxygen atoms in total. The lowest BCUT2D eigenvalue weighted by molar-refractivity contribution is -0.148. The van der Waals surface area contributed by atoms with E-state index in [0.717, 1.165) is 42.7 Å². The Balaban J connectivity index is 1.35. The molecule has 3 heteroatoms. The molecule has 1 unspecified atom stereocenters. The molecule has 0 bridgehead atoms.